The Bertz CT molecular complexity index is 348. The molecule has 2 nitrogen and oxygen atoms in total. The van der Waals surface area contributed by atoms with Crippen LogP contribution in [0.5, 0.6) is 0 Å². The number of nitrogens with two attached hydrogens (primary N) is 1. The van der Waals surface area contributed by atoms with Crippen LogP contribution in [0.1, 0.15) is 38.2 Å². The smallest absolute Gasteiger partial charge is 0.0371 e. The van der Waals surface area contributed by atoms with Gasteiger partial charge >= 0.3 is 0 Å². The van der Waals surface area contributed by atoms with Crippen molar-refractivity contribution in [2.75, 3.05) is 11.1 Å². The minimum atomic E-state index is 0.364. The van der Waals surface area contributed by atoms with Crippen LogP contribution in [0.25, 0.3) is 0 Å². The lowest BCUT2D eigenvalue weighted by Crippen LogP contribution is -2.44. The number of aryl methyl sites for hydroxylation is 1. The number of anilines is 2. The zero-order valence-electron chi connectivity index (χ0n) is 9.64. The standard InChI is InChI=1S/C13H20N2/c1-3-13(7-4-8-13)15-11-5-6-12(14)10(2)9-11/h5-6,9,15H,3-4,7-8,14H2,1-2H3. The van der Waals surface area contributed by atoms with Crippen LogP contribution in [0.4, 0.5) is 11.4 Å². The lowest BCUT2D eigenvalue weighted by Gasteiger charge is -2.43. The molecule has 1 aliphatic rings. The third-order valence-corrected chi connectivity index (χ3v) is 3.67. The number of nitrogens with one attached hydrogen (secondary N) is 1. The quantitative estimate of drug-likeness (QED) is 0.741. The van der Waals surface area contributed by atoms with Gasteiger partial charge in [-0.1, -0.05) is 6.92 Å². The predicted octanol–water partition coefficient (Wildman–Crippen LogP) is 3.32. The summed E-state index contributed by atoms with van der Waals surface area (Å²) in [4.78, 5) is 0. The Morgan fingerprint density at radius 2 is 2.13 bits per heavy atom. The summed E-state index contributed by atoms with van der Waals surface area (Å²) in [6, 6.07) is 6.21. The minimum absolute atomic E-state index is 0.364. The summed E-state index contributed by atoms with van der Waals surface area (Å²) in [6.07, 6.45) is 5.16. The number of hydrogen-bond acceptors (Lipinski definition) is 2. The van der Waals surface area contributed by atoms with Gasteiger partial charge in [-0.3, -0.25) is 0 Å². The first-order chi connectivity index (χ1) is 7.15. The first-order valence-corrected chi connectivity index (χ1v) is 5.79. The summed E-state index contributed by atoms with van der Waals surface area (Å²) < 4.78 is 0. The lowest BCUT2D eigenvalue weighted by atomic mass is 9.74. The average molecular weight is 204 g/mol. The molecule has 0 bridgehead atoms. The van der Waals surface area contributed by atoms with Crippen LogP contribution in [0.3, 0.4) is 0 Å². The number of hydrogen-bond donors (Lipinski definition) is 2. The highest BCUT2D eigenvalue weighted by atomic mass is 15.0. The van der Waals surface area contributed by atoms with Gasteiger partial charge in [0, 0.05) is 16.9 Å². The van der Waals surface area contributed by atoms with Crippen LogP contribution < -0.4 is 11.1 Å². The molecule has 1 fully saturated rings. The van der Waals surface area contributed by atoms with E-state index in [0.29, 0.717) is 5.54 Å². The van der Waals surface area contributed by atoms with Gasteiger partial charge in [0.1, 0.15) is 0 Å². The molecule has 3 N–H and O–H groups in total. The van der Waals surface area contributed by atoms with Crippen molar-refractivity contribution < 1.29 is 0 Å². The highest BCUT2D eigenvalue weighted by Crippen LogP contribution is 2.38. The monoisotopic (exact) mass is 204 g/mol. The largest absolute Gasteiger partial charge is 0.399 e. The molecule has 82 valence electrons. The Labute approximate surface area is 91.9 Å². The Kier molecular flexibility index (Phi) is 2.59. The molecule has 0 spiro atoms. The second-order valence-corrected chi connectivity index (χ2v) is 4.68. The van der Waals surface area contributed by atoms with Crippen LogP contribution in [0.2, 0.25) is 0 Å². The third-order valence-electron chi connectivity index (χ3n) is 3.67. The van der Waals surface area contributed by atoms with Crippen LogP contribution in [0.15, 0.2) is 18.2 Å². The lowest BCUT2D eigenvalue weighted by molar-refractivity contribution is 0.269. The van der Waals surface area contributed by atoms with Crippen LogP contribution in [-0.2, 0) is 0 Å². The van der Waals surface area contributed by atoms with Crippen molar-refractivity contribution in [2.45, 2.75) is 45.1 Å². The van der Waals surface area contributed by atoms with Crippen molar-refractivity contribution in [3.63, 3.8) is 0 Å². The van der Waals surface area contributed by atoms with Crippen LogP contribution in [0, 0.1) is 6.92 Å². The summed E-state index contributed by atoms with van der Waals surface area (Å²) in [5.41, 5.74) is 9.41. The fraction of sp³-hybridized carbons (Fsp3) is 0.538. The van der Waals surface area contributed by atoms with E-state index in [-0.39, 0.29) is 0 Å². The number of benzene rings is 1. The summed E-state index contributed by atoms with van der Waals surface area (Å²) in [5, 5.41) is 3.65. The molecule has 0 atom stereocenters. The van der Waals surface area contributed by atoms with Crippen molar-refractivity contribution in [2.24, 2.45) is 0 Å². The van der Waals surface area contributed by atoms with Gasteiger partial charge in [-0.25, -0.2) is 0 Å². The van der Waals surface area contributed by atoms with Crippen molar-refractivity contribution >= 4 is 11.4 Å². The second-order valence-electron chi connectivity index (χ2n) is 4.68. The first kappa shape index (κ1) is 10.3. The molecule has 1 saturated carbocycles. The van der Waals surface area contributed by atoms with Crippen molar-refractivity contribution in [1.29, 1.82) is 0 Å². The van der Waals surface area contributed by atoms with E-state index in [4.69, 9.17) is 5.73 Å². The van der Waals surface area contributed by atoms with E-state index in [0.717, 1.165) is 11.3 Å². The molecular weight excluding hydrogens is 184 g/mol. The average Bonchev–Trinajstić information content (AvgIpc) is 2.17. The van der Waals surface area contributed by atoms with E-state index in [1.54, 1.807) is 0 Å². The van der Waals surface area contributed by atoms with Gasteiger partial charge in [0.2, 0.25) is 0 Å². The molecule has 15 heavy (non-hydrogen) atoms. The SMILES string of the molecule is CCC1(Nc2ccc(N)c(C)c2)CCC1. The van der Waals surface area contributed by atoms with Gasteiger partial charge in [-0.05, 0) is 56.4 Å². The number of nitrogen functional groups attached to an aromatic ring is 1. The first-order valence-electron chi connectivity index (χ1n) is 5.79. The topological polar surface area (TPSA) is 38.0 Å². The van der Waals surface area contributed by atoms with Gasteiger partial charge in [-0.2, -0.15) is 0 Å². The predicted molar refractivity (Wildman–Crippen MR) is 66.1 cm³/mol. The molecule has 2 rings (SSSR count). The third kappa shape index (κ3) is 1.94. The molecule has 0 unspecified atom stereocenters. The Hall–Kier alpha value is -1.18. The molecule has 2 heteroatoms. The van der Waals surface area contributed by atoms with E-state index in [1.807, 2.05) is 6.07 Å². The summed E-state index contributed by atoms with van der Waals surface area (Å²) in [7, 11) is 0. The van der Waals surface area contributed by atoms with Gasteiger partial charge in [-0.15, -0.1) is 0 Å². The second kappa shape index (κ2) is 3.76. The fourth-order valence-corrected chi connectivity index (χ4v) is 2.23. The Balaban J connectivity index is 2.13. The molecule has 0 heterocycles. The molecular formula is C13H20N2. The zero-order chi connectivity index (χ0) is 10.9. The molecule has 1 aromatic rings. The molecule has 1 aromatic carbocycles. The molecule has 1 aliphatic carbocycles. The van der Waals surface area contributed by atoms with Crippen LogP contribution >= 0.6 is 0 Å². The van der Waals surface area contributed by atoms with Crippen LogP contribution in [-0.4, -0.2) is 5.54 Å². The maximum Gasteiger partial charge on any atom is 0.0371 e. The van der Waals surface area contributed by atoms with Gasteiger partial charge in [0.25, 0.3) is 0 Å². The zero-order valence-corrected chi connectivity index (χ0v) is 9.64. The Morgan fingerprint density at radius 3 is 2.60 bits per heavy atom. The molecule has 0 aromatic heterocycles. The normalized spacial score (nSPS) is 18.3. The van der Waals surface area contributed by atoms with E-state index in [9.17, 15) is 0 Å². The highest BCUT2D eigenvalue weighted by Gasteiger charge is 2.34. The maximum atomic E-state index is 5.80. The maximum absolute atomic E-state index is 5.80. The Morgan fingerprint density at radius 1 is 1.40 bits per heavy atom. The van der Waals surface area contributed by atoms with E-state index in [2.05, 4.69) is 31.3 Å². The summed E-state index contributed by atoms with van der Waals surface area (Å²) in [6.45, 7) is 4.32. The molecule has 0 aliphatic heterocycles. The van der Waals surface area contributed by atoms with Gasteiger partial charge in [0.05, 0.1) is 0 Å². The van der Waals surface area contributed by atoms with Gasteiger partial charge < -0.3 is 11.1 Å². The van der Waals surface area contributed by atoms with Crippen molar-refractivity contribution in [3.8, 4) is 0 Å². The summed E-state index contributed by atoms with van der Waals surface area (Å²) in [5.74, 6) is 0. The molecule has 0 amide bonds. The van der Waals surface area contributed by atoms with Gasteiger partial charge in [0.15, 0.2) is 0 Å². The fourth-order valence-electron chi connectivity index (χ4n) is 2.23. The minimum Gasteiger partial charge on any atom is -0.399 e. The van der Waals surface area contributed by atoms with E-state index < -0.39 is 0 Å². The molecule has 0 saturated heterocycles. The highest BCUT2D eigenvalue weighted by molar-refractivity contribution is 5.57. The molecule has 0 radical (unpaired) electrons. The van der Waals surface area contributed by atoms with E-state index >= 15 is 0 Å². The van der Waals surface area contributed by atoms with Crippen molar-refractivity contribution in [1.82, 2.24) is 0 Å². The van der Waals surface area contributed by atoms with Crippen molar-refractivity contribution in [3.05, 3.63) is 23.8 Å². The summed E-state index contributed by atoms with van der Waals surface area (Å²) >= 11 is 0. The van der Waals surface area contributed by atoms with E-state index in [1.165, 1.54) is 31.4 Å². The number of rotatable bonds is 3.